The average molecular weight is 289 g/mol. The van der Waals surface area contributed by atoms with Crippen molar-refractivity contribution in [1.82, 2.24) is 9.88 Å². The molecule has 0 radical (unpaired) electrons. The van der Waals surface area contributed by atoms with E-state index in [0.717, 1.165) is 13.1 Å². The smallest absolute Gasteiger partial charge is 0.159 e. The van der Waals surface area contributed by atoms with Gasteiger partial charge in [-0.2, -0.15) is 0 Å². The third-order valence-electron chi connectivity index (χ3n) is 4.12. The third-order valence-corrected chi connectivity index (χ3v) is 5.23. The highest BCUT2D eigenvalue weighted by atomic mass is 32.2. The summed E-state index contributed by atoms with van der Waals surface area (Å²) in [5.41, 5.74) is 1.30. The zero-order valence-electron chi connectivity index (χ0n) is 12.0. The number of nitrogens with zero attached hydrogens (tertiary/aromatic N) is 3. The number of aliphatic imine (C=N–C) groups is 1. The highest BCUT2D eigenvalue weighted by Crippen LogP contribution is 2.28. The van der Waals surface area contributed by atoms with Gasteiger partial charge in [0.15, 0.2) is 5.17 Å². The summed E-state index contributed by atoms with van der Waals surface area (Å²) in [7, 11) is 0. The second-order valence-corrected chi connectivity index (χ2v) is 6.71. The molecular weight excluding hydrogens is 266 g/mol. The lowest BCUT2D eigenvalue weighted by atomic mass is 9.94. The monoisotopic (exact) mass is 289 g/mol. The van der Waals surface area contributed by atoms with E-state index in [-0.39, 0.29) is 0 Å². The first kappa shape index (κ1) is 13.9. The van der Waals surface area contributed by atoms with Crippen LogP contribution in [0.15, 0.2) is 29.5 Å². The van der Waals surface area contributed by atoms with Crippen molar-refractivity contribution >= 4 is 16.9 Å². The number of hydrogen-bond acceptors (Lipinski definition) is 4. The van der Waals surface area contributed by atoms with Crippen LogP contribution in [-0.2, 0) is 6.54 Å². The molecule has 0 aromatic carbocycles. The largest absolute Gasteiger partial charge is 0.344 e. The number of rotatable bonds is 3. The lowest BCUT2D eigenvalue weighted by molar-refractivity contribution is 0.240. The van der Waals surface area contributed by atoms with E-state index in [0.29, 0.717) is 6.04 Å². The highest BCUT2D eigenvalue weighted by Gasteiger charge is 2.25. The summed E-state index contributed by atoms with van der Waals surface area (Å²) < 4.78 is 0. The van der Waals surface area contributed by atoms with Crippen LogP contribution >= 0.6 is 11.8 Å². The summed E-state index contributed by atoms with van der Waals surface area (Å²) in [6.45, 7) is 1.96. The van der Waals surface area contributed by atoms with E-state index in [1.165, 1.54) is 55.0 Å². The second-order valence-electron chi connectivity index (χ2n) is 5.65. The topological polar surface area (TPSA) is 28.5 Å². The lowest BCUT2D eigenvalue weighted by Gasteiger charge is -2.37. The molecule has 0 saturated heterocycles. The van der Waals surface area contributed by atoms with Crippen molar-refractivity contribution in [3.05, 3.63) is 30.1 Å². The molecule has 0 bridgehead atoms. The van der Waals surface area contributed by atoms with Gasteiger partial charge in [0.1, 0.15) is 0 Å². The third kappa shape index (κ3) is 3.54. The van der Waals surface area contributed by atoms with Crippen molar-refractivity contribution in [2.45, 2.75) is 51.1 Å². The summed E-state index contributed by atoms with van der Waals surface area (Å²) in [5.74, 6) is 1.22. The SMILES string of the molecule is c1cncc(CN(C2=NCCCS2)C2CCCCC2)c1. The van der Waals surface area contributed by atoms with Crippen LogP contribution in [0, 0.1) is 0 Å². The van der Waals surface area contributed by atoms with Crippen LogP contribution in [0.5, 0.6) is 0 Å². The van der Waals surface area contributed by atoms with Gasteiger partial charge in [0.05, 0.1) is 0 Å². The Morgan fingerprint density at radius 3 is 2.80 bits per heavy atom. The van der Waals surface area contributed by atoms with Crippen molar-refractivity contribution in [1.29, 1.82) is 0 Å². The van der Waals surface area contributed by atoms with E-state index in [1.807, 2.05) is 30.2 Å². The van der Waals surface area contributed by atoms with Crippen LogP contribution in [0.3, 0.4) is 0 Å². The molecule has 1 aliphatic heterocycles. The molecular formula is C16H23N3S. The fourth-order valence-corrected chi connectivity index (χ4v) is 4.07. The molecule has 1 aromatic heterocycles. The van der Waals surface area contributed by atoms with Crippen LogP contribution in [0.1, 0.15) is 44.1 Å². The number of thioether (sulfide) groups is 1. The molecule has 3 nitrogen and oxygen atoms in total. The van der Waals surface area contributed by atoms with Crippen LogP contribution in [0.2, 0.25) is 0 Å². The van der Waals surface area contributed by atoms with Crippen LogP contribution in [0.25, 0.3) is 0 Å². The Morgan fingerprint density at radius 1 is 1.20 bits per heavy atom. The van der Waals surface area contributed by atoms with E-state index >= 15 is 0 Å². The number of hydrogen-bond donors (Lipinski definition) is 0. The molecule has 108 valence electrons. The minimum absolute atomic E-state index is 0.674. The Bertz CT molecular complexity index is 440. The molecule has 0 N–H and O–H groups in total. The predicted molar refractivity (Wildman–Crippen MR) is 86.0 cm³/mol. The maximum absolute atomic E-state index is 4.79. The number of amidine groups is 1. The summed E-state index contributed by atoms with van der Waals surface area (Å²) in [6, 6.07) is 4.88. The normalized spacial score (nSPS) is 20.5. The summed E-state index contributed by atoms with van der Waals surface area (Å²) >= 11 is 1.94. The number of pyridine rings is 1. The van der Waals surface area contributed by atoms with Gasteiger partial charge >= 0.3 is 0 Å². The van der Waals surface area contributed by atoms with Gasteiger partial charge in [-0.15, -0.1) is 0 Å². The highest BCUT2D eigenvalue weighted by molar-refractivity contribution is 8.13. The van der Waals surface area contributed by atoms with Gasteiger partial charge in [0.25, 0.3) is 0 Å². The molecule has 20 heavy (non-hydrogen) atoms. The average Bonchev–Trinajstić information content (AvgIpc) is 2.55. The van der Waals surface area contributed by atoms with Gasteiger partial charge in [0.2, 0.25) is 0 Å². The fraction of sp³-hybridized carbons (Fsp3) is 0.625. The first-order valence-corrected chi connectivity index (χ1v) is 8.75. The van der Waals surface area contributed by atoms with Crippen molar-refractivity contribution in [2.24, 2.45) is 4.99 Å². The van der Waals surface area contributed by atoms with E-state index in [4.69, 9.17) is 4.99 Å². The van der Waals surface area contributed by atoms with Crippen molar-refractivity contribution < 1.29 is 0 Å². The van der Waals surface area contributed by atoms with Crippen molar-refractivity contribution in [3.63, 3.8) is 0 Å². The molecule has 1 aromatic rings. The number of aromatic nitrogens is 1. The Balaban J connectivity index is 1.77. The van der Waals surface area contributed by atoms with Gasteiger partial charge in [-0.3, -0.25) is 9.98 Å². The van der Waals surface area contributed by atoms with Crippen molar-refractivity contribution in [2.75, 3.05) is 12.3 Å². The molecule has 1 aliphatic carbocycles. The second kappa shape index (κ2) is 7.11. The summed E-state index contributed by atoms with van der Waals surface area (Å²) in [5, 5.41) is 1.27. The van der Waals surface area contributed by atoms with Gasteiger partial charge in [-0.1, -0.05) is 37.1 Å². The van der Waals surface area contributed by atoms with E-state index in [2.05, 4.69) is 16.0 Å². The predicted octanol–water partition coefficient (Wildman–Crippen LogP) is 3.71. The first-order chi connectivity index (χ1) is 9.93. The summed E-state index contributed by atoms with van der Waals surface area (Å²) in [6.07, 6.45) is 11.8. The molecule has 1 saturated carbocycles. The zero-order valence-corrected chi connectivity index (χ0v) is 12.8. The quantitative estimate of drug-likeness (QED) is 0.849. The van der Waals surface area contributed by atoms with Crippen LogP contribution in [-0.4, -0.2) is 33.4 Å². The van der Waals surface area contributed by atoms with Gasteiger partial charge in [-0.25, -0.2) is 0 Å². The lowest BCUT2D eigenvalue weighted by Crippen LogP contribution is -2.40. The van der Waals surface area contributed by atoms with Crippen LogP contribution < -0.4 is 0 Å². The van der Waals surface area contributed by atoms with Gasteiger partial charge in [-0.05, 0) is 30.9 Å². The first-order valence-electron chi connectivity index (χ1n) is 7.76. The maximum Gasteiger partial charge on any atom is 0.159 e. The molecule has 1 fully saturated rings. The molecule has 2 aliphatic rings. The minimum Gasteiger partial charge on any atom is -0.344 e. The fourth-order valence-electron chi connectivity index (χ4n) is 3.06. The summed E-state index contributed by atoms with van der Waals surface area (Å²) in [4.78, 5) is 11.6. The Hall–Kier alpha value is -1.03. The van der Waals surface area contributed by atoms with E-state index in [9.17, 15) is 0 Å². The molecule has 3 rings (SSSR count). The Labute approximate surface area is 125 Å². The molecule has 4 heteroatoms. The molecule has 0 spiro atoms. The van der Waals surface area contributed by atoms with Crippen LogP contribution in [0.4, 0.5) is 0 Å². The molecule has 0 unspecified atom stereocenters. The van der Waals surface area contributed by atoms with Crippen molar-refractivity contribution in [3.8, 4) is 0 Å². The molecule has 0 amide bonds. The standard InChI is InChI=1S/C16H23N3S/c1-2-7-15(8-3-1)19(16-18-10-5-11-20-16)13-14-6-4-9-17-12-14/h4,6,9,12,15H,1-3,5,7-8,10-11,13H2. The Morgan fingerprint density at radius 2 is 2.10 bits per heavy atom. The van der Waals surface area contributed by atoms with E-state index < -0.39 is 0 Å². The van der Waals surface area contributed by atoms with Gasteiger partial charge in [0, 0.05) is 37.3 Å². The molecule has 0 atom stereocenters. The maximum atomic E-state index is 4.79. The van der Waals surface area contributed by atoms with E-state index in [1.54, 1.807) is 0 Å². The minimum atomic E-state index is 0.674. The van der Waals surface area contributed by atoms with Gasteiger partial charge < -0.3 is 4.90 Å². The zero-order chi connectivity index (χ0) is 13.6. The molecule has 2 heterocycles. The Kier molecular flexibility index (Phi) is 4.96.